The maximum Gasteiger partial charge on any atom is 0.133 e. The zero-order valence-corrected chi connectivity index (χ0v) is 12.9. The van der Waals surface area contributed by atoms with Gasteiger partial charge in [0.1, 0.15) is 5.82 Å². The zero-order valence-electron chi connectivity index (χ0n) is 10.5. The van der Waals surface area contributed by atoms with Gasteiger partial charge < -0.3 is 10.6 Å². The van der Waals surface area contributed by atoms with Crippen LogP contribution in [-0.4, -0.2) is 12.0 Å². The van der Waals surface area contributed by atoms with Crippen molar-refractivity contribution < 1.29 is 0 Å². The number of hydrogen-bond acceptors (Lipinski definition) is 4. The molecule has 3 nitrogen and oxygen atoms in total. The average Bonchev–Trinajstić information content (AvgIpc) is 2.74. The van der Waals surface area contributed by atoms with Crippen molar-refractivity contribution in [3.05, 3.63) is 44.2 Å². The molecular weight excluding hydrogens is 310 g/mol. The Kier molecular flexibility index (Phi) is 4.37. The van der Waals surface area contributed by atoms with Crippen LogP contribution in [-0.2, 0) is 13.1 Å². The van der Waals surface area contributed by atoms with E-state index in [0.29, 0.717) is 6.54 Å². The molecule has 0 atom stereocenters. The smallest absolute Gasteiger partial charge is 0.133 e. The van der Waals surface area contributed by atoms with Gasteiger partial charge in [-0.1, -0.05) is 0 Å². The fourth-order valence-corrected chi connectivity index (χ4v) is 3.13. The van der Waals surface area contributed by atoms with Crippen LogP contribution in [0.15, 0.2) is 27.5 Å². The van der Waals surface area contributed by atoms with Gasteiger partial charge in [-0.2, -0.15) is 0 Å². The van der Waals surface area contributed by atoms with Gasteiger partial charge in [0.2, 0.25) is 0 Å². The van der Waals surface area contributed by atoms with Crippen LogP contribution in [0.3, 0.4) is 0 Å². The number of thiophene rings is 1. The Morgan fingerprint density at radius 2 is 2.28 bits per heavy atom. The van der Waals surface area contributed by atoms with Crippen molar-refractivity contribution in [2.24, 2.45) is 5.73 Å². The lowest BCUT2D eigenvalue weighted by molar-refractivity contribution is 0.874. The second-order valence-corrected chi connectivity index (χ2v) is 6.54. The standard InChI is InChI=1S/C13H16BrN3S/c1-9-3-4-16-13(11(9)6-15)17(2)7-10-5-12(14)18-8-10/h3-5,8H,6-7,15H2,1-2H3. The van der Waals surface area contributed by atoms with Crippen LogP contribution in [0.2, 0.25) is 0 Å². The maximum atomic E-state index is 5.81. The highest BCUT2D eigenvalue weighted by molar-refractivity contribution is 9.11. The molecule has 0 aliphatic carbocycles. The number of anilines is 1. The van der Waals surface area contributed by atoms with Gasteiger partial charge in [-0.15, -0.1) is 11.3 Å². The van der Waals surface area contributed by atoms with Gasteiger partial charge in [0.25, 0.3) is 0 Å². The largest absolute Gasteiger partial charge is 0.355 e. The summed E-state index contributed by atoms with van der Waals surface area (Å²) in [5, 5.41) is 2.15. The summed E-state index contributed by atoms with van der Waals surface area (Å²) in [6, 6.07) is 4.14. The summed E-state index contributed by atoms with van der Waals surface area (Å²) in [6.45, 7) is 3.43. The minimum absolute atomic E-state index is 0.521. The summed E-state index contributed by atoms with van der Waals surface area (Å²) in [7, 11) is 2.05. The van der Waals surface area contributed by atoms with Gasteiger partial charge in [-0.05, 0) is 51.5 Å². The minimum atomic E-state index is 0.521. The molecule has 18 heavy (non-hydrogen) atoms. The van der Waals surface area contributed by atoms with E-state index >= 15 is 0 Å². The fourth-order valence-electron chi connectivity index (χ4n) is 1.93. The van der Waals surface area contributed by atoms with Crippen molar-refractivity contribution in [2.45, 2.75) is 20.0 Å². The number of halogens is 1. The van der Waals surface area contributed by atoms with E-state index in [9.17, 15) is 0 Å². The van der Waals surface area contributed by atoms with Crippen LogP contribution in [0.1, 0.15) is 16.7 Å². The van der Waals surface area contributed by atoms with Crippen LogP contribution >= 0.6 is 27.3 Å². The maximum absolute atomic E-state index is 5.81. The van der Waals surface area contributed by atoms with Crippen LogP contribution in [0.4, 0.5) is 5.82 Å². The van der Waals surface area contributed by atoms with E-state index in [-0.39, 0.29) is 0 Å². The Bertz CT molecular complexity index is 539. The molecule has 2 rings (SSSR count). The first-order chi connectivity index (χ1) is 8.61. The predicted octanol–water partition coefficient (Wildman–Crippen LogP) is 3.31. The third-order valence-electron chi connectivity index (χ3n) is 2.87. The molecule has 0 spiro atoms. The second kappa shape index (κ2) is 5.82. The van der Waals surface area contributed by atoms with Crippen molar-refractivity contribution in [2.75, 3.05) is 11.9 Å². The lowest BCUT2D eigenvalue weighted by Gasteiger charge is -2.21. The number of rotatable bonds is 4. The Morgan fingerprint density at radius 3 is 2.89 bits per heavy atom. The number of pyridine rings is 1. The highest BCUT2D eigenvalue weighted by atomic mass is 79.9. The van der Waals surface area contributed by atoms with E-state index in [0.717, 1.165) is 21.7 Å². The molecule has 0 fully saturated rings. The number of nitrogens with zero attached hydrogens (tertiary/aromatic N) is 2. The molecule has 2 aromatic heterocycles. The first-order valence-electron chi connectivity index (χ1n) is 5.70. The molecule has 96 valence electrons. The van der Waals surface area contributed by atoms with Gasteiger partial charge in [0.15, 0.2) is 0 Å². The molecule has 0 bridgehead atoms. The number of nitrogens with two attached hydrogens (primary N) is 1. The van der Waals surface area contributed by atoms with Gasteiger partial charge in [0.05, 0.1) is 3.79 Å². The van der Waals surface area contributed by atoms with E-state index in [2.05, 4.69) is 44.2 Å². The summed E-state index contributed by atoms with van der Waals surface area (Å²) in [5.41, 5.74) is 9.41. The Hall–Kier alpha value is -0.910. The van der Waals surface area contributed by atoms with Crippen LogP contribution < -0.4 is 10.6 Å². The molecule has 0 saturated heterocycles. The minimum Gasteiger partial charge on any atom is -0.355 e. The second-order valence-electron chi connectivity index (χ2n) is 4.25. The van der Waals surface area contributed by atoms with E-state index in [1.165, 1.54) is 11.1 Å². The molecule has 0 saturated carbocycles. The van der Waals surface area contributed by atoms with Crippen molar-refractivity contribution in [3.8, 4) is 0 Å². The van der Waals surface area contributed by atoms with E-state index < -0.39 is 0 Å². The molecular formula is C13H16BrN3S. The molecule has 2 N–H and O–H groups in total. The molecule has 0 aliphatic heterocycles. The van der Waals surface area contributed by atoms with E-state index in [1.807, 2.05) is 19.3 Å². The Balaban J connectivity index is 2.23. The molecule has 0 radical (unpaired) electrons. The number of aromatic nitrogens is 1. The van der Waals surface area contributed by atoms with Crippen molar-refractivity contribution in [1.82, 2.24) is 4.98 Å². The highest BCUT2D eigenvalue weighted by Crippen LogP contribution is 2.25. The number of aryl methyl sites for hydroxylation is 1. The summed E-state index contributed by atoms with van der Waals surface area (Å²) < 4.78 is 1.15. The first kappa shape index (κ1) is 13.5. The lowest BCUT2D eigenvalue weighted by Crippen LogP contribution is -2.20. The van der Waals surface area contributed by atoms with Crippen molar-refractivity contribution >= 4 is 33.1 Å². The molecule has 2 aromatic rings. The van der Waals surface area contributed by atoms with Crippen molar-refractivity contribution in [3.63, 3.8) is 0 Å². The molecule has 0 amide bonds. The summed E-state index contributed by atoms with van der Waals surface area (Å²) >= 11 is 5.18. The van der Waals surface area contributed by atoms with Crippen molar-refractivity contribution in [1.29, 1.82) is 0 Å². The third-order valence-corrected chi connectivity index (χ3v) is 4.43. The van der Waals surface area contributed by atoms with Gasteiger partial charge in [0, 0.05) is 31.9 Å². The Labute approximate surface area is 120 Å². The van der Waals surface area contributed by atoms with Crippen LogP contribution in [0, 0.1) is 6.92 Å². The highest BCUT2D eigenvalue weighted by Gasteiger charge is 2.11. The topological polar surface area (TPSA) is 42.2 Å². The summed E-state index contributed by atoms with van der Waals surface area (Å²) in [5.74, 6) is 0.972. The predicted molar refractivity (Wildman–Crippen MR) is 81.0 cm³/mol. The van der Waals surface area contributed by atoms with Gasteiger partial charge >= 0.3 is 0 Å². The SMILES string of the molecule is Cc1ccnc(N(C)Cc2csc(Br)c2)c1CN. The first-order valence-corrected chi connectivity index (χ1v) is 7.37. The molecule has 2 heterocycles. The van der Waals surface area contributed by atoms with E-state index in [1.54, 1.807) is 11.3 Å². The quantitative estimate of drug-likeness (QED) is 0.937. The van der Waals surface area contributed by atoms with Gasteiger partial charge in [-0.3, -0.25) is 0 Å². The summed E-state index contributed by atoms with van der Waals surface area (Å²) in [6.07, 6.45) is 1.84. The molecule has 5 heteroatoms. The fraction of sp³-hybridized carbons (Fsp3) is 0.308. The average molecular weight is 326 g/mol. The Morgan fingerprint density at radius 1 is 1.50 bits per heavy atom. The zero-order chi connectivity index (χ0) is 13.1. The lowest BCUT2D eigenvalue weighted by atomic mass is 10.1. The molecule has 0 unspecified atom stereocenters. The number of hydrogen-bond donors (Lipinski definition) is 1. The third kappa shape index (κ3) is 2.91. The normalized spacial score (nSPS) is 10.7. The molecule has 0 aliphatic rings. The monoisotopic (exact) mass is 325 g/mol. The van der Waals surface area contributed by atoms with Crippen LogP contribution in [0.5, 0.6) is 0 Å². The van der Waals surface area contributed by atoms with E-state index in [4.69, 9.17) is 5.73 Å². The van der Waals surface area contributed by atoms with Gasteiger partial charge in [-0.25, -0.2) is 4.98 Å². The van der Waals surface area contributed by atoms with Crippen LogP contribution in [0.25, 0.3) is 0 Å². The molecule has 0 aromatic carbocycles. The summed E-state index contributed by atoms with van der Waals surface area (Å²) in [4.78, 5) is 6.59.